The van der Waals surface area contributed by atoms with Crippen LogP contribution in [0.1, 0.15) is 43.7 Å². The maximum atomic E-state index is 7.58. The van der Waals surface area contributed by atoms with Crippen LogP contribution in [0, 0.1) is 11.3 Å². The number of ether oxygens (including phenoxy) is 2. The average Bonchev–Trinajstić information content (AvgIpc) is 2.46. The molecule has 1 aliphatic rings. The Labute approximate surface area is 120 Å². The molecule has 0 saturated heterocycles. The second-order valence-corrected chi connectivity index (χ2v) is 5.64. The fourth-order valence-electron chi connectivity index (χ4n) is 2.67. The lowest BCUT2D eigenvalue weighted by Crippen LogP contribution is -2.20. The van der Waals surface area contributed by atoms with Crippen molar-refractivity contribution in [3.8, 4) is 5.75 Å². The molecule has 0 amide bonds. The molecule has 0 radical (unpaired) electrons. The van der Waals surface area contributed by atoms with Crippen molar-refractivity contribution >= 4 is 5.84 Å². The van der Waals surface area contributed by atoms with E-state index in [0.29, 0.717) is 24.0 Å². The molecule has 0 spiro atoms. The third-order valence-corrected chi connectivity index (χ3v) is 4.00. The number of nitrogens with two attached hydrogens (primary N) is 1. The van der Waals surface area contributed by atoms with E-state index >= 15 is 0 Å². The summed E-state index contributed by atoms with van der Waals surface area (Å²) in [4.78, 5) is 0. The molecule has 20 heavy (non-hydrogen) atoms. The molecule has 1 aliphatic carbocycles. The van der Waals surface area contributed by atoms with Gasteiger partial charge in [0.05, 0.1) is 25.4 Å². The van der Waals surface area contributed by atoms with Gasteiger partial charge in [-0.3, -0.25) is 5.41 Å². The topological polar surface area (TPSA) is 68.3 Å². The summed E-state index contributed by atoms with van der Waals surface area (Å²) in [5.41, 5.74) is 7.24. The second-order valence-electron chi connectivity index (χ2n) is 5.64. The van der Waals surface area contributed by atoms with Crippen LogP contribution in [0.4, 0.5) is 0 Å². The van der Waals surface area contributed by atoms with Crippen LogP contribution in [0.3, 0.4) is 0 Å². The summed E-state index contributed by atoms with van der Waals surface area (Å²) >= 11 is 0. The standard InChI is InChI=1S/C16H24N2O2/c1-11-3-6-13(7-4-11)20-10-12-5-8-15(19-2)14(9-12)16(17)18/h5,8-9,11,13H,3-4,6-7,10H2,1-2H3,(H3,17,18). The molecule has 0 heterocycles. The van der Waals surface area contributed by atoms with E-state index in [2.05, 4.69) is 6.92 Å². The Kier molecular flexibility index (Phi) is 5.01. The van der Waals surface area contributed by atoms with Crippen LogP contribution < -0.4 is 10.5 Å². The lowest BCUT2D eigenvalue weighted by atomic mass is 9.89. The van der Waals surface area contributed by atoms with Gasteiger partial charge >= 0.3 is 0 Å². The summed E-state index contributed by atoms with van der Waals surface area (Å²) in [6.07, 6.45) is 5.18. The fraction of sp³-hybridized carbons (Fsp3) is 0.562. The van der Waals surface area contributed by atoms with Gasteiger partial charge in [0.1, 0.15) is 11.6 Å². The van der Waals surface area contributed by atoms with E-state index in [1.165, 1.54) is 12.8 Å². The first-order chi connectivity index (χ1) is 9.60. The van der Waals surface area contributed by atoms with Crippen LogP contribution in [0.25, 0.3) is 0 Å². The summed E-state index contributed by atoms with van der Waals surface area (Å²) in [7, 11) is 1.58. The molecular formula is C16H24N2O2. The van der Waals surface area contributed by atoms with Crippen LogP contribution in [0.2, 0.25) is 0 Å². The van der Waals surface area contributed by atoms with Gasteiger partial charge in [0, 0.05) is 0 Å². The molecule has 4 heteroatoms. The Morgan fingerprint density at radius 3 is 2.60 bits per heavy atom. The number of amidine groups is 1. The fourth-order valence-corrected chi connectivity index (χ4v) is 2.67. The number of hydrogen-bond donors (Lipinski definition) is 2. The van der Waals surface area contributed by atoms with Gasteiger partial charge in [-0.25, -0.2) is 0 Å². The van der Waals surface area contributed by atoms with Gasteiger partial charge in [0.15, 0.2) is 0 Å². The van der Waals surface area contributed by atoms with Gasteiger partial charge in [-0.1, -0.05) is 13.0 Å². The Hall–Kier alpha value is -1.55. The van der Waals surface area contributed by atoms with Gasteiger partial charge in [-0.15, -0.1) is 0 Å². The first-order valence-corrected chi connectivity index (χ1v) is 7.23. The average molecular weight is 276 g/mol. The van der Waals surface area contributed by atoms with Crippen molar-refractivity contribution in [1.29, 1.82) is 5.41 Å². The SMILES string of the molecule is COc1ccc(COC2CCC(C)CC2)cc1C(=N)N. The molecule has 1 aromatic rings. The first kappa shape index (κ1) is 14.9. The van der Waals surface area contributed by atoms with E-state index in [9.17, 15) is 0 Å². The molecule has 1 fully saturated rings. The molecular weight excluding hydrogens is 252 g/mol. The highest BCUT2D eigenvalue weighted by molar-refractivity contribution is 5.97. The summed E-state index contributed by atoms with van der Waals surface area (Å²) < 4.78 is 11.2. The molecule has 1 aromatic carbocycles. The molecule has 110 valence electrons. The van der Waals surface area contributed by atoms with Crippen molar-refractivity contribution < 1.29 is 9.47 Å². The monoisotopic (exact) mass is 276 g/mol. The van der Waals surface area contributed by atoms with Crippen molar-refractivity contribution in [2.24, 2.45) is 11.7 Å². The van der Waals surface area contributed by atoms with E-state index in [-0.39, 0.29) is 5.84 Å². The number of rotatable bonds is 5. The number of benzene rings is 1. The molecule has 2 rings (SSSR count). The Bertz CT molecular complexity index is 466. The maximum Gasteiger partial charge on any atom is 0.129 e. The highest BCUT2D eigenvalue weighted by Crippen LogP contribution is 2.27. The van der Waals surface area contributed by atoms with Crippen molar-refractivity contribution in [3.05, 3.63) is 29.3 Å². The predicted molar refractivity (Wildman–Crippen MR) is 80.2 cm³/mol. The third kappa shape index (κ3) is 3.73. The second kappa shape index (κ2) is 6.75. The van der Waals surface area contributed by atoms with Crippen molar-refractivity contribution in [3.63, 3.8) is 0 Å². The van der Waals surface area contributed by atoms with E-state index < -0.39 is 0 Å². The van der Waals surface area contributed by atoms with Gasteiger partial charge in [-0.05, 0) is 49.3 Å². The van der Waals surface area contributed by atoms with Crippen LogP contribution in [0.5, 0.6) is 5.75 Å². The first-order valence-electron chi connectivity index (χ1n) is 7.23. The third-order valence-electron chi connectivity index (χ3n) is 4.00. The predicted octanol–water partition coefficient (Wildman–Crippen LogP) is 3.07. The highest BCUT2D eigenvalue weighted by Gasteiger charge is 2.18. The number of nitrogen functional groups attached to an aromatic ring is 1. The van der Waals surface area contributed by atoms with E-state index in [0.717, 1.165) is 24.3 Å². The zero-order valence-electron chi connectivity index (χ0n) is 12.3. The Morgan fingerprint density at radius 2 is 2.00 bits per heavy atom. The molecule has 4 nitrogen and oxygen atoms in total. The van der Waals surface area contributed by atoms with Crippen LogP contribution in [0.15, 0.2) is 18.2 Å². The molecule has 0 unspecified atom stereocenters. The minimum absolute atomic E-state index is 0.0233. The van der Waals surface area contributed by atoms with E-state index in [1.807, 2.05) is 18.2 Å². The molecule has 0 bridgehead atoms. The summed E-state index contributed by atoms with van der Waals surface area (Å²) in [5.74, 6) is 1.49. The summed E-state index contributed by atoms with van der Waals surface area (Å²) in [6, 6.07) is 5.70. The van der Waals surface area contributed by atoms with Crippen molar-refractivity contribution in [2.75, 3.05) is 7.11 Å². The minimum atomic E-state index is 0.0233. The number of nitrogens with one attached hydrogen (secondary N) is 1. The quantitative estimate of drug-likeness (QED) is 0.641. The Balaban J connectivity index is 1.96. The minimum Gasteiger partial charge on any atom is -0.496 e. The summed E-state index contributed by atoms with van der Waals surface area (Å²) in [6.45, 7) is 2.88. The lowest BCUT2D eigenvalue weighted by Gasteiger charge is -2.26. The molecule has 0 aliphatic heterocycles. The zero-order valence-corrected chi connectivity index (χ0v) is 12.3. The van der Waals surface area contributed by atoms with Crippen LogP contribution in [-0.2, 0) is 11.3 Å². The summed E-state index contributed by atoms with van der Waals surface area (Å²) in [5, 5.41) is 7.58. The molecule has 1 saturated carbocycles. The molecule has 0 aromatic heterocycles. The maximum absolute atomic E-state index is 7.58. The number of hydrogen-bond acceptors (Lipinski definition) is 3. The van der Waals surface area contributed by atoms with Crippen molar-refractivity contribution in [1.82, 2.24) is 0 Å². The smallest absolute Gasteiger partial charge is 0.129 e. The number of methoxy groups -OCH3 is 1. The zero-order chi connectivity index (χ0) is 14.5. The largest absolute Gasteiger partial charge is 0.496 e. The highest BCUT2D eigenvalue weighted by atomic mass is 16.5. The van der Waals surface area contributed by atoms with Crippen LogP contribution >= 0.6 is 0 Å². The van der Waals surface area contributed by atoms with Gasteiger partial charge in [-0.2, -0.15) is 0 Å². The lowest BCUT2D eigenvalue weighted by molar-refractivity contribution is 0.00876. The van der Waals surface area contributed by atoms with Crippen LogP contribution in [-0.4, -0.2) is 19.0 Å². The van der Waals surface area contributed by atoms with Gasteiger partial charge in [0.2, 0.25) is 0 Å². The van der Waals surface area contributed by atoms with Crippen molar-refractivity contribution in [2.45, 2.75) is 45.3 Å². The van der Waals surface area contributed by atoms with Gasteiger partial charge in [0.25, 0.3) is 0 Å². The van der Waals surface area contributed by atoms with E-state index in [1.54, 1.807) is 7.11 Å². The van der Waals surface area contributed by atoms with E-state index in [4.69, 9.17) is 20.6 Å². The van der Waals surface area contributed by atoms with Gasteiger partial charge < -0.3 is 15.2 Å². The molecule has 0 atom stereocenters. The normalized spacial score (nSPS) is 22.5. The molecule has 3 N–H and O–H groups in total. The Morgan fingerprint density at radius 1 is 1.30 bits per heavy atom.